The largest absolute Gasteiger partial charge is 0.327 e. The maximum Gasteiger partial charge on any atom is 0.312 e. The summed E-state index contributed by atoms with van der Waals surface area (Å²) in [6.07, 6.45) is 7.58. The molecule has 4 heteroatoms. The minimum atomic E-state index is -0.390. The van der Waals surface area contributed by atoms with E-state index in [4.69, 9.17) is 0 Å². The predicted molar refractivity (Wildman–Crippen MR) is 51.4 cm³/mol. The molecule has 0 unspecified atom stereocenters. The summed E-state index contributed by atoms with van der Waals surface area (Å²) in [7, 11) is 0. The highest BCUT2D eigenvalue weighted by molar-refractivity contribution is 6.35. The molecule has 0 radical (unpaired) electrons. The first-order valence-corrected chi connectivity index (χ1v) is 4.67. The van der Waals surface area contributed by atoms with Crippen LogP contribution in [0.3, 0.4) is 0 Å². The molecule has 2 aliphatic rings. The van der Waals surface area contributed by atoms with E-state index in [0.29, 0.717) is 26.2 Å². The van der Waals surface area contributed by atoms with Gasteiger partial charge in [-0.15, -0.1) is 0 Å². The van der Waals surface area contributed by atoms with Crippen LogP contribution in [0.2, 0.25) is 0 Å². The normalized spacial score (nSPS) is 19.4. The Balaban J connectivity index is 1.94. The van der Waals surface area contributed by atoms with Crippen LogP contribution in [0, 0.1) is 0 Å². The Labute approximate surface area is 82.5 Å². The van der Waals surface area contributed by atoms with E-state index >= 15 is 0 Å². The topological polar surface area (TPSA) is 40.6 Å². The van der Waals surface area contributed by atoms with Gasteiger partial charge in [0.15, 0.2) is 0 Å². The molecule has 14 heavy (non-hydrogen) atoms. The average molecular weight is 192 g/mol. The van der Waals surface area contributed by atoms with Crippen LogP contribution in [0.5, 0.6) is 0 Å². The smallest absolute Gasteiger partial charge is 0.312 e. The summed E-state index contributed by atoms with van der Waals surface area (Å²) in [4.78, 5) is 26.3. The third-order valence-corrected chi connectivity index (χ3v) is 2.39. The van der Waals surface area contributed by atoms with E-state index < -0.39 is 11.8 Å². The predicted octanol–water partition coefficient (Wildman–Crippen LogP) is -0.217. The van der Waals surface area contributed by atoms with Crippen molar-refractivity contribution in [1.82, 2.24) is 9.80 Å². The number of carbonyl (C=O) groups is 2. The van der Waals surface area contributed by atoms with Crippen molar-refractivity contribution in [2.24, 2.45) is 0 Å². The Morgan fingerprint density at radius 3 is 1.29 bits per heavy atom. The summed E-state index contributed by atoms with van der Waals surface area (Å²) in [5.41, 5.74) is 0. The molecule has 0 aliphatic carbocycles. The molecule has 2 amide bonds. The highest BCUT2D eigenvalue weighted by Crippen LogP contribution is 2.05. The number of hydrogen-bond donors (Lipinski definition) is 0. The quantitative estimate of drug-likeness (QED) is 0.393. The highest BCUT2D eigenvalue weighted by Gasteiger charge is 2.27. The molecule has 0 fully saturated rings. The van der Waals surface area contributed by atoms with Gasteiger partial charge in [-0.05, 0) is 0 Å². The van der Waals surface area contributed by atoms with E-state index in [2.05, 4.69) is 0 Å². The van der Waals surface area contributed by atoms with Crippen molar-refractivity contribution >= 4 is 11.8 Å². The van der Waals surface area contributed by atoms with Gasteiger partial charge in [-0.1, -0.05) is 24.3 Å². The molecule has 2 aliphatic heterocycles. The van der Waals surface area contributed by atoms with Crippen LogP contribution in [0.1, 0.15) is 0 Å². The maximum atomic E-state index is 11.6. The third-order valence-electron chi connectivity index (χ3n) is 2.39. The number of nitrogens with zero attached hydrogens (tertiary/aromatic N) is 2. The van der Waals surface area contributed by atoms with Gasteiger partial charge in [0.25, 0.3) is 0 Å². The zero-order chi connectivity index (χ0) is 9.97. The summed E-state index contributed by atoms with van der Waals surface area (Å²) >= 11 is 0. The lowest BCUT2D eigenvalue weighted by Gasteiger charge is -2.19. The van der Waals surface area contributed by atoms with Crippen molar-refractivity contribution in [3.05, 3.63) is 24.3 Å². The van der Waals surface area contributed by atoms with E-state index in [0.717, 1.165) is 0 Å². The Bertz CT molecular complexity index is 272. The second-order valence-electron chi connectivity index (χ2n) is 3.36. The van der Waals surface area contributed by atoms with E-state index in [1.165, 1.54) is 0 Å². The number of amides is 2. The molecule has 0 atom stereocenters. The summed E-state index contributed by atoms with van der Waals surface area (Å²) < 4.78 is 0. The van der Waals surface area contributed by atoms with E-state index in [9.17, 15) is 9.59 Å². The molecule has 0 bridgehead atoms. The summed E-state index contributed by atoms with van der Waals surface area (Å²) in [5.74, 6) is -0.780. The van der Waals surface area contributed by atoms with Gasteiger partial charge in [-0.2, -0.15) is 0 Å². The zero-order valence-electron chi connectivity index (χ0n) is 7.85. The molecule has 0 aromatic carbocycles. The van der Waals surface area contributed by atoms with Crippen molar-refractivity contribution < 1.29 is 9.59 Å². The first-order valence-electron chi connectivity index (χ1n) is 4.67. The molecule has 0 spiro atoms. The Morgan fingerprint density at radius 1 is 0.714 bits per heavy atom. The van der Waals surface area contributed by atoms with Crippen LogP contribution in [0.15, 0.2) is 24.3 Å². The molecule has 2 rings (SSSR count). The first-order chi connectivity index (χ1) is 6.79. The van der Waals surface area contributed by atoms with Gasteiger partial charge in [0.1, 0.15) is 0 Å². The highest BCUT2D eigenvalue weighted by atomic mass is 16.2. The fraction of sp³-hybridized carbons (Fsp3) is 0.400. The molecule has 74 valence electrons. The summed E-state index contributed by atoms with van der Waals surface area (Å²) in [5, 5.41) is 0. The van der Waals surface area contributed by atoms with Gasteiger partial charge in [-0.25, -0.2) is 0 Å². The van der Waals surface area contributed by atoms with Crippen LogP contribution >= 0.6 is 0 Å². The average Bonchev–Trinajstić information content (AvgIpc) is 2.87. The van der Waals surface area contributed by atoms with Crippen molar-refractivity contribution in [2.45, 2.75) is 0 Å². The first kappa shape index (κ1) is 8.99. The molecular weight excluding hydrogens is 180 g/mol. The Hall–Kier alpha value is -1.58. The van der Waals surface area contributed by atoms with E-state index in [1.54, 1.807) is 9.80 Å². The lowest BCUT2D eigenvalue weighted by atomic mass is 10.4. The van der Waals surface area contributed by atoms with Gasteiger partial charge < -0.3 is 9.80 Å². The molecule has 4 nitrogen and oxygen atoms in total. The van der Waals surface area contributed by atoms with Gasteiger partial charge in [0.2, 0.25) is 0 Å². The summed E-state index contributed by atoms with van der Waals surface area (Å²) in [6.45, 7) is 2.25. The van der Waals surface area contributed by atoms with Crippen LogP contribution in [0.4, 0.5) is 0 Å². The van der Waals surface area contributed by atoms with Crippen LogP contribution in [0.25, 0.3) is 0 Å². The molecule has 0 saturated heterocycles. The number of carbonyl (C=O) groups excluding carboxylic acids is 2. The lowest BCUT2D eigenvalue weighted by molar-refractivity contribution is -0.150. The minimum absolute atomic E-state index is 0.390. The molecule has 2 heterocycles. The lowest BCUT2D eigenvalue weighted by Crippen LogP contribution is -2.43. The zero-order valence-corrected chi connectivity index (χ0v) is 7.85. The van der Waals surface area contributed by atoms with Crippen LogP contribution in [-0.2, 0) is 9.59 Å². The monoisotopic (exact) mass is 192 g/mol. The molecule has 0 saturated carbocycles. The summed E-state index contributed by atoms with van der Waals surface area (Å²) in [6, 6.07) is 0. The minimum Gasteiger partial charge on any atom is -0.327 e. The molecule has 0 N–H and O–H groups in total. The third kappa shape index (κ3) is 1.55. The second-order valence-corrected chi connectivity index (χ2v) is 3.36. The molecule has 0 aromatic rings. The maximum absolute atomic E-state index is 11.6. The van der Waals surface area contributed by atoms with Gasteiger partial charge >= 0.3 is 11.8 Å². The van der Waals surface area contributed by atoms with Crippen molar-refractivity contribution in [1.29, 1.82) is 0 Å². The SMILES string of the molecule is O=C(C(=O)N1CC=CC1)N1CC=CC1. The second kappa shape index (κ2) is 3.65. The van der Waals surface area contributed by atoms with E-state index in [-0.39, 0.29) is 0 Å². The number of rotatable bonds is 0. The Kier molecular flexibility index (Phi) is 2.35. The van der Waals surface area contributed by atoms with Gasteiger partial charge in [0.05, 0.1) is 0 Å². The van der Waals surface area contributed by atoms with Crippen molar-refractivity contribution in [2.75, 3.05) is 26.2 Å². The van der Waals surface area contributed by atoms with Crippen molar-refractivity contribution in [3.63, 3.8) is 0 Å². The van der Waals surface area contributed by atoms with Crippen LogP contribution in [-0.4, -0.2) is 47.8 Å². The van der Waals surface area contributed by atoms with E-state index in [1.807, 2.05) is 24.3 Å². The molecule has 0 aromatic heterocycles. The fourth-order valence-electron chi connectivity index (χ4n) is 1.56. The fourth-order valence-corrected chi connectivity index (χ4v) is 1.56. The Morgan fingerprint density at radius 2 is 1.00 bits per heavy atom. The number of hydrogen-bond acceptors (Lipinski definition) is 2. The van der Waals surface area contributed by atoms with Gasteiger partial charge in [0, 0.05) is 26.2 Å². The van der Waals surface area contributed by atoms with Crippen molar-refractivity contribution in [3.8, 4) is 0 Å². The molecular formula is C10H12N2O2. The van der Waals surface area contributed by atoms with Gasteiger partial charge in [-0.3, -0.25) is 9.59 Å². The van der Waals surface area contributed by atoms with Crippen LogP contribution < -0.4 is 0 Å². The standard InChI is InChI=1S/C10H12N2O2/c13-9(11-5-1-2-6-11)10(14)12-7-3-4-8-12/h1-4H,5-8H2.